The van der Waals surface area contributed by atoms with Crippen LogP contribution in [0.4, 0.5) is 4.79 Å². The molecule has 5 nitrogen and oxygen atoms in total. The quantitative estimate of drug-likeness (QED) is 0.827. The summed E-state index contributed by atoms with van der Waals surface area (Å²) in [6.07, 6.45) is 2.43. The van der Waals surface area contributed by atoms with Crippen LogP contribution in [0.25, 0.3) is 0 Å². The number of nitrogens with zero attached hydrogens (tertiary/aromatic N) is 2. The zero-order chi connectivity index (χ0) is 13.1. The van der Waals surface area contributed by atoms with Crippen LogP contribution in [0.2, 0.25) is 0 Å². The second kappa shape index (κ2) is 5.82. The van der Waals surface area contributed by atoms with Crippen LogP contribution in [0.3, 0.4) is 0 Å². The summed E-state index contributed by atoms with van der Waals surface area (Å²) in [6.45, 7) is 4.20. The summed E-state index contributed by atoms with van der Waals surface area (Å²) in [5.41, 5.74) is 0. The van der Waals surface area contributed by atoms with Gasteiger partial charge >= 0.3 is 12.0 Å². The Bertz CT molecular complexity index is 337. The first-order chi connectivity index (χ1) is 8.63. The average Bonchev–Trinajstić information content (AvgIpc) is 2.87. The Labute approximate surface area is 112 Å². The number of rotatable bonds is 2. The van der Waals surface area contributed by atoms with Crippen molar-refractivity contribution >= 4 is 23.8 Å². The molecule has 18 heavy (non-hydrogen) atoms. The Morgan fingerprint density at radius 3 is 2.83 bits per heavy atom. The van der Waals surface area contributed by atoms with Crippen LogP contribution in [0.1, 0.15) is 26.2 Å². The van der Waals surface area contributed by atoms with Crippen LogP contribution in [0.15, 0.2) is 0 Å². The van der Waals surface area contributed by atoms with Crippen molar-refractivity contribution in [2.45, 2.75) is 37.5 Å². The standard InChI is InChI=1S/C12H20N2O3S/c1-2-9-8-13(6-7-18-9)12(17)14-5-3-4-10(14)11(15)16/h9-10H,2-8H2,1H3,(H,15,16)/t9?,10-/m1/s1. The smallest absolute Gasteiger partial charge is 0.326 e. The van der Waals surface area contributed by atoms with Gasteiger partial charge < -0.3 is 14.9 Å². The number of likely N-dealkylation sites (tertiary alicyclic amines) is 1. The van der Waals surface area contributed by atoms with E-state index in [1.165, 1.54) is 4.90 Å². The summed E-state index contributed by atoms with van der Waals surface area (Å²) < 4.78 is 0. The van der Waals surface area contributed by atoms with E-state index in [2.05, 4.69) is 6.92 Å². The number of amides is 2. The van der Waals surface area contributed by atoms with Crippen molar-refractivity contribution in [3.63, 3.8) is 0 Å². The molecule has 102 valence electrons. The molecule has 2 atom stereocenters. The first-order valence-electron chi connectivity index (χ1n) is 6.53. The monoisotopic (exact) mass is 272 g/mol. The van der Waals surface area contributed by atoms with Crippen molar-refractivity contribution in [3.05, 3.63) is 0 Å². The highest BCUT2D eigenvalue weighted by Gasteiger charge is 2.37. The molecule has 0 bridgehead atoms. The number of carbonyl (C=O) groups is 2. The summed E-state index contributed by atoms with van der Waals surface area (Å²) in [5, 5.41) is 9.61. The number of hydrogen-bond acceptors (Lipinski definition) is 3. The van der Waals surface area contributed by atoms with Gasteiger partial charge in [-0.1, -0.05) is 6.92 Å². The van der Waals surface area contributed by atoms with Gasteiger partial charge in [-0.15, -0.1) is 0 Å². The Morgan fingerprint density at radius 2 is 2.17 bits per heavy atom. The van der Waals surface area contributed by atoms with Crippen molar-refractivity contribution in [2.75, 3.05) is 25.4 Å². The van der Waals surface area contributed by atoms with E-state index < -0.39 is 12.0 Å². The van der Waals surface area contributed by atoms with E-state index in [0.29, 0.717) is 18.2 Å². The Morgan fingerprint density at radius 1 is 1.39 bits per heavy atom. The highest BCUT2D eigenvalue weighted by molar-refractivity contribution is 8.00. The van der Waals surface area contributed by atoms with Gasteiger partial charge in [0.25, 0.3) is 0 Å². The van der Waals surface area contributed by atoms with E-state index in [9.17, 15) is 9.59 Å². The van der Waals surface area contributed by atoms with Gasteiger partial charge in [0, 0.05) is 30.6 Å². The molecule has 2 heterocycles. The fraction of sp³-hybridized carbons (Fsp3) is 0.833. The van der Waals surface area contributed by atoms with Crippen molar-refractivity contribution < 1.29 is 14.7 Å². The van der Waals surface area contributed by atoms with Gasteiger partial charge in [0.1, 0.15) is 6.04 Å². The summed E-state index contributed by atoms with van der Waals surface area (Å²) in [5.74, 6) is 0.0785. The molecular formula is C12H20N2O3S. The van der Waals surface area contributed by atoms with Gasteiger partial charge in [0.15, 0.2) is 0 Å². The average molecular weight is 272 g/mol. The summed E-state index contributed by atoms with van der Waals surface area (Å²) >= 11 is 1.91. The number of urea groups is 1. The minimum atomic E-state index is -0.876. The zero-order valence-corrected chi connectivity index (χ0v) is 11.5. The summed E-state index contributed by atoms with van der Waals surface area (Å²) in [7, 11) is 0. The highest BCUT2D eigenvalue weighted by Crippen LogP contribution is 2.25. The third kappa shape index (κ3) is 2.74. The van der Waals surface area contributed by atoms with Crippen molar-refractivity contribution in [2.24, 2.45) is 0 Å². The van der Waals surface area contributed by atoms with Crippen molar-refractivity contribution in [1.82, 2.24) is 9.80 Å². The van der Waals surface area contributed by atoms with Crippen LogP contribution in [-0.2, 0) is 4.79 Å². The number of carboxylic acids is 1. The number of aliphatic carboxylic acids is 1. The minimum Gasteiger partial charge on any atom is -0.480 e. The van der Waals surface area contributed by atoms with Gasteiger partial charge in [0.05, 0.1) is 0 Å². The third-order valence-corrected chi connectivity index (χ3v) is 5.02. The predicted octanol–water partition coefficient (Wildman–Crippen LogP) is 1.48. The zero-order valence-electron chi connectivity index (χ0n) is 10.7. The van der Waals surface area contributed by atoms with E-state index in [1.54, 1.807) is 0 Å². The molecule has 6 heteroatoms. The maximum atomic E-state index is 12.4. The lowest BCUT2D eigenvalue weighted by Gasteiger charge is -2.35. The first-order valence-corrected chi connectivity index (χ1v) is 7.58. The lowest BCUT2D eigenvalue weighted by Crippen LogP contribution is -2.51. The molecule has 0 aliphatic carbocycles. The topological polar surface area (TPSA) is 60.9 Å². The molecule has 1 unspecified atom stereocenters. The predicted molar refractivity (Wildman–Crippen MR) is 70.9 cm³/mol. The molecule has 0 radical (unpaired) electrons. The van der Waals surface area contributed by atoms with E-state index in [-0.39, 0.29) is 6.03 Å². The molecule has 0 aromatic rings. The molecule has 2 fully saturated rings. The van der Waals surface area contributed by atoms with Crippen LogP contribution < -0.4 is 0 Å². The third-order valence-electron chi connectivity index (χ3n) is 3.65. The fourth-order valence-corrected chi connectivity index (χ4v) is 3.75. The van der Waals surface area contributed by atoms with Gasteiger partial charge in [-0.2, -0.15) is 11.8 Å². The second-order valence-electron chi connectivity index (χ2n) is 4.82. The molecule has 2 rings (SSSR count). The van der Waals surface area contributed by atoms with E-state index in [1.807, 2.05) is 16.7 Å². The van der Waals surface area contributed by atoms with Crippen LogP contribution >= 0.6 is 11.8 Å². The lowest BCUT2D eigenvalue weighted by molar-refractivity contribution is -0.141. The molecule has 0 spiro atoms. The van der Waals surface area contributed by atoms with E-state index in [4.69, 9.17) is 5.11 Å². The summed E-state index contributed by atoms with van der Waals surface area (Å²) in [4.78, 5) is 26.8. The van der Waals surface area contributed by atoms with Crippen molar-refractivity contribution in [1.29, 1.82) is 0 Å². The molecule has 0 aromatic carbocycles. The molecule has 2 aliphatic rings. The Balaban J connectivity index is 1.99. The van der Waals surface area contributed by atoms with Gasteiger partial charge in [-0.3, -0.25) is 0 Å². The molecule has 2 saturated heterocycles. The second-order valence-corrected chi connectivity index (χ2v) is 6.23. The molecule has 2 aliphatic heterocycles. The van der Waals surface area contributed by atoms with Gasteiger partial charge in [0.2, 0.25) is 0 Å². The lowest BCUT2D eigenvalue weighted by atomic mass is 10.2. The fourth-order valence-electron chi connectivity index (χ4n) is 2.57. The van der Waals surface area contributed by atoms with E-state index in [0.717, 1.165) is 31.7 Å². The Hall–Kier alpha value is -0.910. The highest BCUT2D eigenvalue weighted by atomic mass is 32.2. The van der Waals surface area contributed by atoms with Gasteiger partial charge in [-0.25, -0.2) is 9.59 Å². The molecular weight excluding hydrogens is 252 g/mol. The van der Waals surface area contributed by atoms with Gasteiger partial charge in [-0.05, 0) is 19.3 Å². The maximum absolute atomic E-state index is 12.4. The normalized spacial score (nSPS) is 28.5. The van der Waals surface area contributed by atoms with Crippen LogP contribution in [0, 0.1) is 0 Å². The molecule has 2 amide bonds. The first kappa shape index (κ1) is 13.5. The molecule has 0 saturated carbocycles. The minimum absolute atomic E-state index is 0.0846. The molecule has 0 aromatic heterocycles. The summed E-state index contributed by atoms with van der Waals surface area (Å²) in [6, 6.07) is -0.703. The maximum Gasteiger partial charge on any atom is 0.326 e. The van der Waals surface area contributed by atoms with Crippen LogP contribution in [-0.4, -0.2) is 63.6 Å². The SMILES string of the molecule is CCC1CN(C(=O)N2CCC[C@@H]2C(=O)O)CCS1. The Kier molecular flexibility index (Phi) is 4.37. The number of thioether (sulfide) groups is 1. The number of hydrogen-bond donors (Lipinski definition) is 1. The van der Waals surface area contributed by atoms with Crippen molar-refractivity contribution in [3.8, 4) is 0 Å². The number of carbonyl (C=O) groups excluding carboxylic acids is 1. The van der Waals surface area contributed by atoms with Crippen LogP contribution in [0.5, 0.6) is 0 Å². The van der Waals surface area contributed by atoms with E-state index >= 15 is 0 Å². The number of carboxylic acid groups (broad SMARTS) is 1. The largest absolute Gasteiger partial charge is 0.480 e. The molecule has 1 N–H and O–H groups in total.